The fourth-order valence-electron chi connectivity index (χ4n) is 2.49. The second kappa shape index (κ2) is 8.28. The molecule has 0 aromatic heterocycles. The smallest absolute Gasteiger partial charge is 0.251 e. The van der Waals surface area contributed by atoms with Gasteiger partial charge in [0.15, 0.2) is 0 Å². The molecule has 124 valence electrons. The van der Waals surface area contributed by atoms with Crippen molar-refractivity contribution in [2.75, 3.05) is 6.54 Å². The zero-order chi connectivity index (χ0) is 17.5. The van der Waals surface area contributed by atoms with Crippen LogP contribution in [0.15, 0.2) is 48.5 Å². The van der Waals surface area contributed by atoms with Gasteiger partial charge in [0.1, 0.15) is 0 Å². The molecule has 0 bridgehead atoms. The highest BCUT2D eigenvalue weighted by Gasteiger charge is 2.15. The first-order valence-electron chi connectivity index (χ1n) is 8.09. The maximum Gasteiger partial charge on any atom is 0.251 e. The van der Waals surface area contributed by atoms with E-state index in [0.29, 0.717) is 24.1 Å². The quantitative estimate of drug-likeness (QED) is 0.856. The van der Waals surface area contributed by atoms with Gasteiger partial charge in [-0.1, -0.05) is 50.2 Å². The average Bonchev–Trinajstić information content (AvgIpc) is 2.61. The van der Waals surface area contributed by atoms with Crippen LogP contribution in [0.5, 0.6) is 0 Å². The molecule has 2 aromatic carbocycles. The van der Waals surface area contributed by atoms with E-state index in [1.807, 2.05) is 38.1 Å². The SMILES string of the molecule is CC(C)C(O)CCNC(=O)c1ccccc1-c1ccccc1C#N. The molecular formula is C20H22N2O2. The van der Waals surface area contributed by atoms with Gasteiger partial charge in [-0.15, -0.1) is 0 Å². The van der Waals surface area contributed by atoms with E-state index in [1.165, 1.54) is 0 Å². The lowest BCUT2D eigenvalue weighted by molar-refractivity contribution is 0.0921. The molecule has 1 unspecified atom stereocenters. The van der Waals surface area contributed by atoms with E-state index in [9.17, 15) is 15.2 Å². The van der Waals surface area contributed by atoms with Gasteiger partial charge in [-0.3, -0.25) is 4.79 Å². The first-order chi connectivity index (χ1) is 11.5. The van der Waals surface area contributed by atoms with E-state index in [4.69, 9.17) is 0 Å². The van der Waals surface area contributed by atoms with E-state index in [1.54, 1.807) is 24.3 Å². The summed E-state index contributed by atoms with van der Waals surface area (Å²) in [5.74, 6) is -0.0361. The minimum atomic E-state index is -0.431. The molecule has 0 saturated heterocycles. The van der Waals surface area contributed by atoms with Gasteiger partial charge < -0.3 is 10.4 Å². The summed E-state index contributed by atoms with van der Waals surface area (Å²) in [6, 6.07) is 16.6. The van der Waals surface area contributed by atoms with Crippen LogP contribution in [0.4, 0.5) is 0 Å². The number of carbonyl (C=O) groups is 1. The molecule has 0 heterocycles. The third kappa shape index (κ3) is 4.21. The third-order valence-corrected chi connectivity index (χ3v) is 4.00. The van der Waals surface area contributed by atoms with Gasteiger partial charge in [0.25, 0.3) is 5.91 Å². The van der Waals surface area contributed by atoms with E-state index >= 15 is 0 Å². The van der Waals surface area contributed by atoms with Gasteiger partial charge in [-0.05, 0) is 30.0 Å². The Morgan fingerprint density at radius 3 is 2.42 bits per heavy atom. The molecule has 0 aliphatic rings. The molecule has 1 atom stereocenters. The summed E-state index contributed by atoms with van der Waals surface area (Å²) in [4.78, 5) is 12.5. The van der Waals surface area contributed by atoms with Crippen LogP contribution in [0.3, 0.4) is 0 Å². The standard InChI is InChI=1S/C20H22N2O2/c1-14(2)19(23)11-12-22-20(24)18-10-6-5-9-17(18)16-8-4-3-7-15(16)13-21/h3-10,14,19,23H,11-12H2,1-2H3,(H,22,24). The number of benzene rings is 2. The molecule has 0 spiro atoms. The Kier molecular flexibility index (Phi) is 6.11. The molecule has 2 aromatic rings. The summed E-state index contributed by atoms with van der Waals surface area (Å²) in [7, 11) is 0. The molecule has 0 saturated carbocycles. The van der Waals surface area contributed by atoms with Gasteiger partial charge in [-0.2, -0.15) is 5.26 Å². The van der Waals surface area contributed by atoms with Gasteiger partial charge in [0.05, 0.1) is 17.7 Å². The maximum atomic E-state index is 12.5. The van der Waals surface area contributed by atoms with Crippen molar-refractivity contribution in [1.82, 2.24) is 5.32 Å². The highest BCUT2D eigenvalue weighted by molar-refractivity contribution is 6.01. The van der Waals surface area contributed by atoms with Gasteiger partial charge >= 0.3 is 0 Å². The minimum Gasteiger partial charge on any atom is -0.393 e. The van der Waals surface area contributed by atoms with E-state index in [-0.39, 0.29) is 11.8 Å². The Morgan fingerprint density at radius 1 is 1.12 bits per heavy atom. The predicted molar refractivity (Wildman–Crippen MR) is 94.4 cm³/mol. The van der Waals surface area contributed by atoms with Gasteiger partial charge in [0.2, 0.25) is 0 Å². The molecule has 0 radical (unpaired) electrons. The first-order valence-corrected chi connectivity index (χ1v) is 8.09. The number of nitrogens with one attached hydrogen (secondary N) is 1. The number of hydrogen-bond acceptors (Lipinski definition) is 3. The van der Waals surface area contributed by atoms with Crippen LogP contribution in [0.25, 0.3) is 11.1 Å². The van der Waals surface area contributed by atoms with Crippen molar-refractivity contribution in [3.05, 3.63) is 59.7 Å². The van der Waals surface area contributed by atoms with Gasteiger partial charge in [0, 0.05) is 17.7 Å². The Bertz CT molecular complexity index is 747. The Morgan fingerprint density at radius 2 is 1.75 bits per heavy atom. The van der Waals surface area contributed by atoms with Crippen molar-refractivity contribution in [2.24, 2.45) is 5.92 Å². The normalized spacial score (nSPS) is 11.8. The zero-order valence-electron chi connectivity index (χ0n) is 14.0. The number of aliphatic hydroxyl groups is 1. The van der Waals surface area contributed by atoms with Crippen molar-refractivity contribution < 1.29 is 9.90 Å². The predicted octanol–water partition coefficient (Wildman–Crippen LogP) is 3.36. The van der Waals surface area contributed by atoms with Crippen LogP contribution in [-0.2, 0) is 0 Å². The Labute approximate surface area is 142 Å². The average molecular weight is 322 g/mol. The molecule has 0 aliphatic heterocycles. The Balaban J connectivity index is 2.20. The van der Waals surface area contributed by atoms with Crippen LogP contribution in [-0.4, -0.2) is 23.7 Å². The lowest BCUT2D eigenvalue weighted by atomic mass is 9.95. The fourth-order valence-corrected chi connectivity index (χ4v) is 2.49. The molecule has 24 heavy (non-hydrogen) atoms. The number of carbonyl (C=O) groups excluding carboxylic acids is 1. The lowest BCUT2D eigenvalue weighted by Gasteiger charge is -2.15. The number of nitriles is 1. The van der Waals surface area contributed by atoms with Crippen molar-refractivity contribution in [1.29, 1.82) is 5.26 Å². The summed E-state index contributed by atoms with van der Waals surface area (Å²) in [6.45, 7) is 4.30. The molecule has 4 nitrogen and oxygen atoms in total. The van der Waals surface area contributed by atoms with E-state index < -0.39 is 6.10 Å². The zero-order valence-corrected chi connectivity index (χ0v) is 14.0. The van der Waals surface area contributed by atoms with Gasteiger partial charge in [-0.25, -0.2) is 0 Å². The lowest BCUT2D eigenvalue weighted by Crippen LogP contribution is -2.29. The second-order valence-electron chi connectivity index (χ2n) is 6.06. The molecular weight excluding hydrogens is 300 g/mol. The van der Waals surface area contributed by atoms with E-state index in [0.717, 1.165) is 11.1 Å². The van der Waals surface area contributed by atoms with Crippen molar-refractivity contribution in [2.45, 2.75) is 26.4 Å². The van der Waals surface area contributed by atoms with Crippen LogP contribution >= 0.6 is 0 Å². The summed E-state index contributed by atoms with van der Waals surface area (Å²) < 4.78 is 0. The van der Waals surface area contributed by atoms with Crippen LogP contribution in [0.1, 0.15) is 36.2 Å². The topological polar surface area (TPSA) is 73.1 Å². The van der Waals surface area contributed by atoms with Crippen LogP contribution < -0.4 is 5.32 Å². The number of nitrogens with zero attached hydrogens (tertiary/aromatic N) is 1. The number of hydrogen-bond donors (Lipinski definition) is 2. The minimum absolute atomic E-state index is 0.164. The summed E-state index contributed by atoms with van der Waals surface area (Å²) >= 11 is 0. The highest BCUT2D eigenvalue weighted by atomic mass is 16.3. The maximum absolute atomic E-state index is 12.5. The highest BCUT2D eigenvalue weighted by Crippen LogP contribution is 2.26. The molecule has 4 heteroatoms. The molecule has 2 rings (SSSR count). The van der Waals surface area contributed by atoms with Crippen molar-refractivity contribution in [3.63, 3.8) is 0 Å². The van der Waals surface area contributed by atoms with Crippen molar-refractivity contribution in [3.8, 4) is 17.2 Å². The van der Waals surface area contributed by atoms with E-state index in [2.05, 4.69) is 11.4 Å². The molecule has 0 aliphatic carbocycles. The number of rotatable bonds is 6. The second-order valence-corrected chi connectivity index (χ2v) is 6.06. The van der Waals surface area contributed by atoms with Crippen molar-refractivity contribution >= 4 is 5.91 Å². The molecule has 0 fully saturated rings. The Hall–Kier alpha value is -2.64. The number of amides is 1. The summed E-state index contributed by atoms with van der Waals surface area (Å²) in [5.41, 5.74) is 2.54. The molecule has 1 amide bonds. The fraction of sp³-hybridized carbons (Fsp3) is 0.300. The summed E-state index contributed by atoms with van der Waals surface area (Å²) in [5, 5.41) is 22.0. The monoisotopic (exact) mass is 322 g/mol. The third-order valence-electron chi connectivity index (χ3n) is 4.00. The van der Waals surface area contributed by atoms with Crippen LogP contribution in [0, 0.1) is 17.2 Å². The largest absolute Gasteiger partial charge is 0.393 e. The first kappa shape index (κ1) is 17.7. The van der Waals surface area contributed by atoms with Crippen LogP contribution in [0.2, 0.25) is 0 Å². The summed E-state index contributed by atoms with van der Waals surface area (Å²) in [6.07, 6.45) is 0.0836. The number of aliphatic hydroxyl groups excluding tert-OH is 1. The molecule has 2 N–H and O–H groups in total.